The first-order valence-corrected chi connectivity index (χ1v) is 13.1. The van der Waals surface area contributed by atoms with Crippen LogP contribution < -0.4 is 5.32 Å². The minimum absolute atomic E-state index is 0.0111. The third-order valence-electron chi connectivity index (χ3n) is 8.55. The van der Waals surface area contributed by atoms with Gasteiger partial charge >= 0.3 is 0 Å². The Morgan fingerprint density at radius 2 is 1.53 bits per heavy atom. The van der Waals surface area contributed by atoms with E-state index in [0.717, 1.165) is 17.8 Å². The lowest BCUT2D eigenvalue weighted by molar-refractivity contribution is -0.0688. The fourth-order valence-corrected chi connectivity index (χ4v) is 9.04. The van der Waals surface area contributed by atoms with Gasteiger partial charge < -0.3 is 5.32 Å². The number of carbonyl (C=O) groups excluding carboxylic acids is 2. The number of carbonyl (C=O) groups is 2. The molecule has 5 nitrogen and oxygen atoms in total. The first-order chi connectivity index (χ1) is 15.3. The first-order valence-electron chi connectivity index (χ1n) is 11.6. The van der Waals surface area contributed by atoms with Gasteiger partial charge in [0.05, 0.1) is 9.79 Å². The maximum atomic E-state index is 13.2. The second-order valence-corrected chi connectivity index (χ2v) is 12.4. The summed E-state index contributed by atoms with van der Waals surface area (Å²) in [5.41, 5.74) is 0.776. The first kappa shape index (κ1) is 20.2. The molecule has 32 heavy (non-hydrogen) atoms. The lowest BCUT2D eigenvalue weighted by atomic mass is 9.48. The molecule has 1 N–H and O–H groups in total. The minimum atomic E-state index is -3.86. The zero-order chi connectivity index (χ0) is 22.3. The highest BCUT2D eigenvalue weighted by atomic mass is 32.2. The largest absolute Gasteiger partial charge is 0.349 e. The average Bonchev–Trinajstić information content (AvgIpc) is 2.76. The van der Waals surface area contributed by atoms with E-state index < -0.39 is 9.84 Å². The third kappa shape index (κ3) is 2.84. The third-order valence-corrected chi connectivity index (χ3v) is 10.4. The number of benzene rings is 2. The van der Waals surface area contributed by atoms with Gasteiger partial charge in [-0.2, -0.15) is 0 Å². The molecular weight excluding hydrogens is 422 g/mol. The molecule has 4 saturated carbocycles. The van der Waals surface area contributed by atoms with Crippen LogP contribution in [0.3, 0.4) is 0 Å². The van der Waals surface area contributed by atoms with Gasteiger partial charge in [0.25, 0.3) is 5.91 Å². The predicted octanol–water partition coefficient (Wildman–Crippen LogP) is 4.40. The van der Waals surface area contributed by atoms with Crippen LogP contribution in [0, 0.1) is 23.2 Å². The Morgan fingerprint density at radius 3 is 2.19 bits per heavy atom. The Hall–Kier alpha value is -2.47. The van der Waals surface area contributed by atoms with Gasteiger partial charge in [0, 0.05) is 22.7 Å². The van der Waals surface area contributed by atoms with Crippen molar-refractivity contribution in [2.45, 2.75) is 61.3 Å². The molecule has 2 aromatic carbocycles. The van der Waals surface area contributed by atoms with E-state index in [1.807, 2.05) is 0 Å². The van der Waals surface area contributed by atoms with E-state index in [-0.39, 0.29) is 49.6 Å². The van der Waals surface area contributed by atoms with Crippen molar-refractivity contribution in [1.29, 1.82) is 0 Å². The predicted molar refractivity (Wildman–Crippen MR) is 119 cm³/mol. The van der Waals surface area contributed by atoms with E-state index in [1.54, 1.807) is 18.2 Å². The molecule has 0 spiro atoms. The van der Waals surface area contributed by atoms with E-state index in [4.69, 9.17) is 0 Å². The Labute approximate surface area is 188 Å². The molecule has 1 heterocycles. The van der Waals surface area contributed by atoms with Crippen molar-refractivity contribution in [3.05, 3.63) is 59.2 Å². The molecule has 4 fully saturated rings. The zero-order valence-electron chi connectivity index (χ0n) is 18.1. The number of hydrogen-bond donors (Lipinski definition) is 1. The van der Waals surface area contributed by atoms with E-state index in [2.05, 4.69) is 12.2 Å². The maximum absolute atomic E-state index is 13.2. The monoisotopic (exact) mass is 449 g/mol. The van der Waals surface area contributed by atoms with Gasteiger partial charge in [-0.25, -0.2) is 8.42 Å². The second kappa shape index (κ2) is 6.77. The van der Waals surface area contributed by atoms with Crippen molar-refractivity contribution < 1.29 is 18.0 Å². The van der Waals surface area contributed by atoms with Crippen LogP contribution in [0.4, 0.5) is 0 Å². The molecule has 166 valence electrons. The molecule has 2 aromatic rings. The molecule has 1 atom stereocenters. The van der Waals surface area contributed by atoms with Gasteiger partial charge in [0.15, 0.2) is 5.78 Å². The summed E-state index contributed by atoms with van der Waals surface area (Å²) in [6.07, 6.45) is 7.59. The maximum Gasteiger partial charge on any atom is 0.251 e. The van der Waals surface area contributed by atoms with Crippen LogP contribution >= 0.6 is 0 Å². The minimum Gasteiger partial charge on any atom is -0.349 e. The van der Waals surface area contributed by atoms with Crippen molar-refractivity contribution >= 4 is 21.5 Å². The summed E-state index contributed by atoms with van der Waals surface area (Å²) < 4.78 is 26.4. The standard InChI is InChI=1S/C26H27NO4S/c1-15(26-12-16-8-17(13-26)10-18(9-16)14-26)27-25(29)19-6-7-21-23(11-19)32(30,31)22-5-3-2-4-20(22)24(21)28/h2-7,11,15-18H,8-10,12-14H2,1H3,(H,27,29)/t15-,16?,17?,18?,26?/m1/s1. The Balaban J connectivity index is 1.29. The molecule has 0 radical (unpaired) electrons. The lowest BCUT2D eigenvalue weighted by Gasteiger charge is -2.59. The highest BCUT2D eigenvalue weighted by molar-refractivity contribution is 7.91. The van der Waals surface area contributed by atoms with Crippen molar-refractivity contribution in [2.75, 3.05) is 0 Å². The number of ketones is 1. The molecule has 5 aliphatic rings. The number of sulfone groups is 1. The van der Waals surface area contributed by atoms with E-state index in [9.17, 15) is 18.0 Å². The van der Waals surface area contributed by atoms with Gasteiger partial charge in [0.2, 0.25) is 9.84 Å². The summed E-state index contributed by atoms with van der Waals surface area (Å²) in [4.78, 5) is 26.0. The molecule has 0 unspecified atom stereocenters. The second-order valence-electron chi connectivity index (χ2n) is 10.5. The van der Waals surface area contributed by atoms with E-state index in [1.165, 1.54) is 62.8 Å². The highest BCUT2D eigenvalue weighted by Crippen LogP contribution is 2.61. The molecule has 4 aliphatic carbocycles. The summed E-state index contributed by atoms with van der Waals surface area (Å²) in [5, 5.41) is 3.20. The van der Waals surface area contributed by atoms with Crippen LogP contribution in [0.2, 0.25) is 0 Å². The van der Waals surface area contributed by atoms with Crippen molar-refractivity contribution in [2.24, 2.45) is 23.2 Å². The summed E-state index contributed by atoms with van der Waals surface area (Å²) >= 11 is 0. The quantitative estimate of drug-likeness (QED) is 0.643. The van der Waals surface area contributed by atoms with Gasteiger partial charge in [-0.1, -0.05) is 12.1 Å². The van der Waals surface area contributed by atoms with Crippen LogP contribution in [0.15, 0.2) is 52.3 Å². The smallest absolute Gasteiger partial charge is 0.251 e. The van der Waals surface area contributed by atoms with Crippen LogP contribution in [0.1, 0.15) is 71.7 Å². The highest BCUT2D eigenvalue weighted by Gasteiger charge is 2.53. The average molecular weight is 450 g/mol. The van der Waals surface area contributed by atoms with Crippen molar-refractivity contribution in [1.82, 2.24) is 5.32 Å². The van der Waals surface area contributed by atoms with Crippen molar-refractivity contribution in [3.8, 4) is 0 Å². The van der Waals surface area contributed by atoms with Crippen LogP contribution in [-0.2, 0) is 9.84 Å². The van der Waals surface area contributed by atoms with Gasteiger partial charge in [0.1, 0.15) is 0 Å². The molecule has 1 aliphatic heterocycles. The van der Waals surface area contributed by atoms with Gasteiger partial charge in [-0.3, -0.25) is 9.59 Å². The SMILES string of the molecule is C[C@@H](NC(=O)c1ccc2c(c1)S(=O)(=O)c1ccccc1C2=O)C12CC3CC(CC(C3)C1)C2. The van der Waals surface area contributed by atoms with E-state index >= 15 is 0 Å². The molecule has 1 amide bonds. The van der Waals surface area contributed by atoms with Crippen LogP contribution in [0.5, 0.6) is 0 Å². The topological polar surface area (TPSA) is 80.3 Å². The van der Waals surface area contributed by atoms with Crippen molar-refractivity contribution in [3.63, 3.8) is 0 Å². The molecule has 4 bridgehead atoms. The van der Waals surface area contributed by atoms with E-state index in [0.29, 0.717) is 0 Å². The zero-order valence-corrected chi connectivity index (χ0v) is 19.0. The van der Waals surface area contributed by atoms with Crippen LogP contribution in [0.25, 0.3) is 0 Å². The summed E-state index contributed by atoms with van der Waals surface area (Å²) in [5.74, 6) is 1.79. The Bertz CT molecular complexity index is 1230. The molecule has 0 aromatic heterocycles. The number of fused-ring (bicyclic) bond motifs is 2. The summed E-state index contributed by atoms with van der Waals surface area (Å²) in [6.45, 7) is 2.11. The number of nitrogens with one attached hydrogen (secondary N) is 1. The fraction of sp³-hybridized carbons (Fsp3) is 0.462. The Morgan fingerprint density at radius 1 is 0.938 bits per heavy atom. The summed E-state index contributed by atoms with van der Waals surface area (Å²) in [7, 11) is -3.86. The lowest BCUT2D eigenvalue weighted by Crippen LogP contribution is -2.55. The van der Waals surface area contributed by atoms with Gasteiger partial charge in [-0.05, 0) is 98.9 Å². The Kier molecular flexibility index (Phi) is 4.26. The number of hydrogen-bond acceptors (Lipinski definition) is 4. The molecule has 6 heteroatoms. The number of amides is 1. The summed E-state index contributed by atoms with van der Waals surface area (Å²) in [6, 6.07) is 10.7. The fourth-order valence-electron chi connectivity index (χ4n) is 7.37. The number of rotatable bonds is 3. The van der Waals surface area contributed by atoms with Crippen LogP contribution in [-0.4, -0.2) is 26.2 Å². The molecule has 0 saturated heterocycles. The molecular formula is C26H27NO4S. The molecule has 7 rings (SSSR count). The normalized spacial score (nSPS) is 32.2. The van der Waals surface area contributed by atoms with Gasteiger partial charge in [-0.15, -0.1) is 0 Å².